The Balaban J connectivity index is 1.70. The van der Waals surface area contributed by atoms with E-state index < -0.39 is 16.0 Å². The Morgan fingerprint density at radius 3 is 2.21 bits per heavy atom. The summed E-state index contributed by atoms with van der Waals surface area (Å²) in [5, 5.41) is 0. The van der Waals surface area contributed by atoms with E-state index in [2.05, 4.69) is 0 Å². The molecule has 0 N–H and O–H groups in total. The molecule has 0 radical (unpaired) electrons. The molecule has 148 valence electrons. The highest BCUT2D eigenvalue weighted by atomic mass is 32.2. The second kappa shape index (κ2) is 8.53. The van der Waals surface area contributed by atoms with Crippen LogP contribution in [0.1, 0.15) is 27.6 Å². The van der Waals surface area contributed by atoms with Crippen molar-refractivity contribution >= 4 is 21.9 Å². The molecular weight excluding hydrogens is 380 g/mol. The lowest BCUT2D eigenvalue weighted by molar-refractivity contribution is 0.0525. The van der Waals surface area contributed by atoms with Crippen molar-refractivity contribution in [2.24, 2.45) is 0 Å². The number of esters is 1. The number of carbonyl (C=O) groups is 2. The highest BCUT2D eigenvalue weighted by Crippen LogP contribution is 2.20. The summed E-state index contributed by atoms with van der Waals surface area (Å²) in [5.41, 5.74) is 0.779. The Labute approximate surface area is 164 Å². The van der Waals surface area contributed by atoms with Crippen molar-refractivity contribution in [3.05, 3.63) is 65.7 Å². The van der Waals surface area contributed by atoms with Crippen LogP contribution >= 0.6 is 0 Å². The van der Waals surface area contributed by atoms with Crippen LogP contribution in [0.4, 0.5) is 0 Å². The van der Waals surface area contributed by atoms with Crippen molar-refractivity contribution in [1.29, 1.82) is 0 Å². The van der Waals surface area contributed by atoms with E-state index in [0.29, 0.717) is 18.7 Å². The maximum absolute atomic E-state index is 12.9. The smallest absolute Gasteiger partial charge is 0.338 e. The van der Waals surface area contributed by atoms with E-state index in [1.165, 1.54) is 28.6 Å². The van der Waals surface area contributed by atoms with Crippen LogP contribution in [0.3, 0.4) is 0 Å². The molecule has 1 fully saturated rings. The van der Waals surface area contributed by atoms with Gasteiger partial charge in [0, 0.05) is 31.7 Å². The molecule has 3 rings (SSSR count). The number of rotatable bonds is 5. The summed E-state index contributed by atoms with van der Waals surface area (Å²) in [6, 6.07) is 14.7. The van der Waals surface area contributed by atoms with Gasteiger partial charge in [-0.3, -0.25) is 4.79 Å². The summed E-state index contributed by atoms with van der Waals surface area (Å²) in [6.45, 7) is 2.92. The zero-order valence-electron chi connectivity index (χ0n) is 15.6. The summed E-state index contributed by atoms with van der Waals surface area (Å²) in [5.74, 6) is -0.667. The second-order valence-corrected chi connectivity index (χ2v) is 8.25. The van der Waals surface area contributed by atoms with E-state index in [-0.39, 0.29) is 36.1 Å². The molecule has 1 aliphatic rings. The zero-order chi connectivity index (χ0) is 20.1. The van der Waals surface area contributed by atoms with Crippen LogP contribution in [-0.2, 0) is 14.8 Å². The minimum absolute atomic E-state index is 0.0425. The lowest BCUT2D eigenvalue weighted by Gasteiger charge is -2.34. The van der Waals surface area contributed by atoms with Gasteiger partial charge in [0.1, 0.15) is 0 Å². The molecule has 1 aliphatic heterocycles. The zero-order valence-corrected chi connectivity index (χ0v) is 16.4. The quantitative estimate of drug-likeness (QED) is 0.715. The molecule has 2 aromatic carbocycles. The highest BCUT2D eigenvalue weighted by molar-refractivity contribution is 7.89. The molecule has 0 saturated carbocycles. The molecule has 0 spiro atoms. The van der Waals surface area contributed by atoms with Gasteiger partial charge < -0.3 is 9.64 Å². The Hall–Kier alpha value is -2.71. The van der Waals surface area contributed by atoms with Crippen molar-refractivity contribution in [2.45, 2.75) is 11.8 Å². The molecule has 1 heterocycles. The van der Waals surface area contributed by atoms with Crippen molar-refractivity contribution in [3.8, 4) is 0 Å². The second-order valence-electron chi connectivity index (χ2n) is 6.31. The van der Waals surface area contributed by atoms with Crippen molar-refractivity contribution in [2.75, 3.05) is 32.8 Å². The number of hydrogen-bond donors (Lipinski definition) is 0. The monoisotopic (exact) mass is 402 g/mol. The molecular formula is C20H22N2O5S. The summed E-state index contributed by atoms with van der Waals surface area (Å²) >= 11 is 0. The molecule has 1 saturated heterocycles. The van der Waals surface area contributed by atoms with Crippen molar-refractivity contribution < 1.29 is 22.7 Å². The number of benzene rings is 2. The normalized spacial score (nSPS) is 15.2. The van der Waals surface area contributed by atoms with Gasteiger partial charge in [-0.15, -0.1) is 0 Å². The molecule has 8 heteroatoms. The fourth-order valence-electron chi connectivity index (χ4n) is 3.04. The van der Waals surface area contributed by atoms with E-state index >= 15 is 0 Å². The van der Waals surface area contributed by atoms with Crippen LogP contribution in [0.2, 0.25) is 0 Å². The lowest BCUT2D eigenvalue weighted by atomic mass is 10.2. The Bertz CT molecular complexity index is 952. The van der Waals surface area contributed by atoms with Crippen molar-refractivity contribution in [3.63, 3.8) is 0 Å². The summed E-state index contributed by atoms with van der Waals surface area (Å²) in [6.07, 6.45) is 0. The summed E-state index contributed by atoms with van der Waals surface area (Å²) in [4.78, 5) is 26.1. The first-order valence-corrected chi connectivity index (χ1v) is 10.5. The number of hydrogen-bond acceptors (Lipinski definition) is 5. The fourth-order valence-corrected chi connectivity index (χ4v) is 4.51. The number of sulfonamides is 1. The number of carbonyl (C=O) groups excluding carboxylic acids is 2. The van der Waals surface area contributed by atoms with E-state index in [1.54, 1.807) is 36.1 Å². The first-order valence-electron chi connectivity index (χ1n) is 9.05. The maximum Gasteiger partial charge on any atom is 0.338 e. The third-order valence-electron chi connectivity index (χ3n) is 4.53. The van der Waals surface area contributed by atoms with Gasteiger partial charge in [0.15, 0.2) is 0 Å². The van der Waals surface area contributed by atoms with Gasteiger partial charge >= 0.3 is 5.97 Å². The standard InChI is InChI=1S/C20H22N2O5S/c1-2-27-20(24)17-9-6-10-18(15-17)28(25,26)22-13-11-21(12-14-22)19(23)16-7-4-3-5-8-16/h3-10,15H,2,11-14H2,1H3. The molecule has 0 aliphatic carbocycles. The van der Waals surface area contributed by atoms with Crippen LogP contribution in [-0.4, -0.2) is 62.3 Å². The average Bonchev–Trinajstić information content (AvgIpc) is 2.74. The number of piperazine rings is 1. The first-order chi connectivity index (χ1) is 13.4. The average molecular weight is 402 g/mol. The predicted octanol–water partition coefficient (Wildman–Crippen LogP) is 2.01. The molecule has 0 aromatic heterocycles. The lowest BCUT2D eigenvalue weighted by Crippen LogP contribution is -2.50. The van der Waals surface area contributed by atoms with Gasteiger partial charge in [-0.2, -0.15) is 4.31 Å². The van der Waals surface area contributed by atoms with Crippen LogP contribution in [0.25, 0.3) is 0 Å². The van der Waals surface area contributed by atoms with Crippen LogP contribution in [0.15, 0.2) is 59.5 Å². The minimum Gasteiger partial charge on any atom is -0.462 e. The molecule has 0 atom stereocenters. The fraction of sp³-hybridized carbons (Fsp3) is 0.300. The minimum atomic E-state index is -3.76. The Kier molecular flexibility index (Phi) is 6.11. The van der Waals surface area contributed by atoms with Gasteiger partial charge in [0.2, 0.25) is 10.0 Å². The Morgan fingerprint density at radius 2 is 1.57 bits per heavy atom. The van der Waals surface area contributed by atoms with E-state index in [4.69, 9.17) is 4.74 Å². The maximum atomic E-state index is 12.9. The largest absolute Gasteiger partial charge is 0.462 e. The van der Waals surface area contributed by atoms with Crippen molar-refractivity contribution in [1.82, 2.24) is 9.21 Å². The Morgan fingerprint density at radius 1 is 0.929 bits per heavy atom. The van der Waals surface area contributed by atoms with Crippen LogP contribution in [0, 0.1) is 0 Å². The molecule has 28 heavy (non-hydrogen) atoms. The van der Waals surface area contributed by atoms with E-state index in [9.17, 15) is 18.0 Å². The molecule has 7 nitrogen and oxygen atoms in total. The van der Waals surface area contributed by atoms with Gasteiger partial charge in [-0.25, -0.2) is 13.2 Å². The third kappa shape index (κ3) is 4.23. The number of ether oxygens (including phenoxy) is 1. The molecule has 2 aromatic rings. The SMILES string of the molecule is CCOC(=O)c1cccc(S(=O)(=O)N2CCN(C(=O)c3ccccc3)CC2)c1. The predicted molar refractivity (Wildman–Crippen MR) is 104 cm³/mol. The molecule has 0 bridgehead atoms. The van der Waals surface area contributed by atoms with Gasteiger partial charge in [-0.1, -0.05) is 24.3 Å². The highest BCUT2D eigenvalue weighted by Gasteiger charge is 2.30. The number of amides is 1. The van der Waals surface area contributed by atoms with Crippen LogP contribution in [0.5, 0.6) is 0 Å². The first kappa shape index (κ1) is 20.0. The topological polar surface area (TPSA) is 84.0 Å². The van der Waals surface area contributed by atoms with Gasteiger partial charge in [0.05, 0.1) is 17.1 Å². The molecule has 1 amide bonds. The van der Waals surface area contributed by atoms with Gasteiger partial charge in [-0.05, 0) is 37.3 Å². The molecule has 0 unspecified atom stereocenters. The summed E-state index contributed by atoms with van der Waals surface area (Å²) < 4.78 is 32.1. The van der Waals surface area contributed by atoms with Crippen LogP contribution < -0.4 is 0 Å². The van der Waals surface area contributed by atoms with E-state index in [1.807, 2.05) is 6.07 Å². The summed E-state index contributed by atoms with van der Waals surface area (Å²) in [7, 11) is -3.76. The third-order valence-corrected chi connectivity index (χ3v) is 6.42. The number of nitrogens with zero attached hydrogens (tertiary/aromatic N) is 2. The van der Waals surface area contributed by atoms with E-state index in [0.717, 1.165) is 0 Å². The van der Waals surface area contributed by atoms with Gasteiger partial charge in [0.25, 0.3) is 5.91 Å².